The smallest absolute Gasteiger partial charge is 0.150 e. The fourth-order valence-electron chi connectivity index (χ4n) is 4.45. The SMILES string of the molecule is COc1ccc(SC2COc3cc(OC)ccc3C2c2ccc(-c3ccc(C=O)cc3)cc2)cc1. The van der Waals surface area contributed by atoms with Crippen LogP contribution in [-0.4, -0.2) is 32.4 Å². The van der Waals surface area contributed by atoms with E-state index >= 15 is 0 Å². The van der Waals surface area contributed by atoms with Gasteiger partial charge in [-0.2, -0.15) is 0 Å². The summed E-state index contributed by atoms with van der Waals surface area (Å²) in [6, 6.07) is 30.6. The number of aldehydes is 1. The summed E-state index contributed by atoms with van der Waals surface area (Å²) in [4.78, 5) is 12.2. The first-order valence-electron chi connectivity index (χ1n) is 11.5. The molecule has 0 amide bonds. The van der Waals surface area contributed by atoms with Crippen LogP contribution in [0.5, 0.6) is 17.2 Å². The van der Waals surface area contributed by atoms with Crippen LogP contribution in [0, 0.1) is 0 Å². The Kier molecular flexibility index (Phi) is 6.77. The lowest BCUT2D eigenvalue weighted by molar-refractivity contribution is 0.112. The van der Waals surface area contributed by atoms with Crippen LogP contribution in [0.2, 0.25) is 0 Å². The van der Waals surface area contributed by atoms with Gasteiger partial charge in [0.2, 0.25) is 0 Å². The summed E-state index contributed by atoms with van der Waals surface area (Å²) in [6.45, 7) is 0.594. The molecule has 0 radical (unpaired) electrons. The molecule has 1 heterocycles. The molecule has 0 N–H and O–H groups in total. The molecule has 5 rings (SSSR count). The van der Waals surface area contributed by atoms with E-state index in [2.05, 4.69) is 42.5 Å². The largest absolute Gasteiger partial charge is 0.497 e. The highest BCUT2D eigenvalue weighted by Gasteiger charge is 2.33. The van der Waals surface area contributed by atoms with Crippen LogP contribution in [0.25, 0.3) is 11.1 Å². The van der Waals surface area contributed by atoms with Crippen molar-refractivity contribution in [2.45, 2.75) is 16.1 Å². The number of carbonyl (C=O) groups excluding carboxylic acids is 1. The first-order valence-corrected chi connectivity index (χ1v) is 12.3. The molecular weight excluding hydrogens is 456 g/mol. The molecule has 0 aromatic heterocycles. The van der Waals surface area contributed by atoms with E-state index in [9.17, 15) is 4.79 Å². The normalized spacial score (nSPS) is 16.6. The molecule has 0 saturated heterocycles. The molecule has 0 saturated carbocycles. The first-order chi connectivity index (χ1) is 17.2. The lowest BCUT2D eigenvalue weighted by Gasteiger charge is -2.34. The van der Waals surface area contributed by atoms with Gasteiger partial charge in [-0.05, 0) is 47.0 Å². The Morgan fingerprint density at radius 2 is 1.43 bits per heavy atom. The number of benzene rings is 4. The highest BCUT2D eigenvalue weighted by Crippen LogP contribution is 2.46. The molecule has 4 aromatic carbocycles. The summed E-state index contributed by atoms with van der Waals surface area (Å²) in [7, 11) is 3.35. The number of thioether (sulfide) groups is 1. The van der Waals surface area contributed by atoms with Crippen LogP contribution in [-0.2, 0) is 0 Å². The number of fused-ring (bicyclic) bond motifs is 1. The Bertz CT molecular complexity index is 1300. The second-order valence-corrected chi connectivity index (χ2v) is 9.70. The van der Waals surface area contributed by atoms with Gasteiger partial charge in [0, 0.05) is 28.0 Å². The van der Waals surface area contributed by atoms with Crippen LogP contribution in [0.4, 0.5) is 0 Å². The van der Waals surface area contributed by atoms with Crippen LogP contribution in [0.15, 0.2) is 95.9 Å². The molecule has 0 aliphatic carbocycles. The van der Waals surface area contributed by atoms with Gasteiger partial charge in [0.25, 0.3) is 0 Å². The molecule has 1 aliphatic rings. The van der Waals surface area contributed by atoms with Crippen LogP contribution in [0.3, 0.4) is 0 Å². The van der Waals surface area contributed by atoms with Gasteiger partial charge in [-0.1, -0.05) is 54.6 Å². The van der Waals surface area contributed by atoms with Crippen molar-refractivity contribution in [1.29, 1.82) is 0 Å². The van der Waals surface area contributed by atoms with Gasteiger partial charge in [0.15, 0.2) is 0 Å². The fourth-order valence-corrected chi connectivity index (χ4v) is 5.67. The van der Waals surface area contributed by atoms with E-state index in [-0.39, 0.29) is 11.2 Å². The average molecular weight is 483 g/mol. The summed E-state index contributed by atoms with van der Waals surface area (Å²) in [5.41, 5.74) is 5.28. The predicted octanol–water partition coefficient (Wildman–Crippen LogP) is 6.87. The number of rotatable bonds is 7. The lowest BCUT2D eigenvalue weighted by atomic mass is 9.85. The number of carbonyl (C=O) groups is 1. The topological polar surface area (TPSA) is 44.8 Å². The predicted molar refractivity (Wildman–Crippen MR) is 140 cm³/mol. The van der Waals surface area contributed by atoms with Crippen molar-refractivity contribution in [3.05, 3.63) is 108 Å². The van der Waals surface area contributed by atoms with E-state index in [1.807, 2.05) is 60.3 Å². The highest BCUT2D eigenvalue weighted by atomic mass is 32.2. The van der Waals surface area contributed by atoms with E-state index in [4.69, 9.17) is 14.2 Å². The summed E-state index contributed by atoms with van der Waals surface area (Å²) in [5.74, 6) is 2.66. The van der Waals surface area contributed by atoms with Gasteiger partial charge >= 0.3 is 0 Å². The summed E-state index contributed by atoms with van der Waals surface area (Å²) < 4.78 is 17.0. The maximum atomic E-state index is 11.0. The monoisotopic (exact) mass is 482 g/mol. The molecule has 1 aliphatic heterocycles. The molecule has 5 heteroatoms. The number of hydrogen-bond donors (Lipinski definition) is 0. The van der Waals surface area contributed by atoms with Gasteiger partial charge in [0.1, 0.15) is 30.1 Å². The number of methoxy groups -OCH3 is 2. The third-order valence-electron chi connectivity index (χ3n) is 6.33. The summed E-state index contributed by atoms with van der Waals surface area (Å²) in [5, 5.41) is 0.196. The zero-order valence-electron chi connectivity index (χ0n) is 19.6. The number of hydrogen-bond acceptors (Lipinski definition) is 5. The second-order valence-electron chi connectivity index (χ2n) is 8.39. The van der Waals surface area contributed by atoms with Crippen molar-refractivity contribution in [1.82, 2.24) is 0 Å². The van der Waals surface area contributed by atoms with Crippen LogP contribution < -0.4 is 14.2 Å². The second kappa shape index (κ2) is 10.3. The Labute approximate surface area is 209 Å². The zero-order chi connectivity index (χ0) is 24.2. The summed E-state index contributed by atoms with van der Waals surface area (Å²) in [6.07, 6.45) is 0.866. The van der Waals surface area contributed by atoms with Crippen molar-refractivity contribution < 1.29 is 19.0 Å². The molecule has 2 unspecified atom stereocenters. The maximum absolute atomic E-state index is 11.0. The molecule has 35 heavy (non-hydrogen) atoms. The van der Waals surface area contributed by atoms with Gasteiger partial charge in [0.05, 0.1) is 19.5 Å². The Hall–Kier alpha value is -3.70. The van der Waals surface area contributed by atoms with E-state index in [0.29, 0.717) is 12.2 Å². The third-order valence-corrected chi connectivity index (χ3v) is 7.58. The minimum Gasteiger partial charge on any atom is -0.497 e. The minimum absolute atomic E-state index is 0.156. The van der Waals surface area contributed by atoms with Gasteiger partial charge < -0.3 is 14.2 Å². The van der Waals surface area contributed by atoms with Crippen molar-refractivity contribution in [2.75, 3.05) is 20.8 Å². The Morgan fingerprint density at radius 1 is 0.800 bits per heavy atom. The maximum Gasteiger partial charge on any atom is 0.150 e. The quantitative estimate of drug-likeness (QED) is 0.269. The Morgan fingerprint density at radius 3 is 2.06 bits per heavy atom. The molecule has 0 bridgehead atoms. The molecular formula is C30H26O4S. The molecule has 4 nitrogen and oxygen atoms in total. The van der Waals surface area contributed by atoms with E-state index in [0.717, 1.165) is 40.2 Å². The van der Waals surface area contributed by atoms with Gasteiger partial charge in [-0.15, -0.1) is 11.8 Å². The van der Waals surface area contributed by atoms with E-state index in [1.54, 1.807) is 14.2 Å². The molecule has 0 fully saturated rings. The average Bonchev–Trinajstić information content (AvgIpc) is 2.93. The standard InChI is InChI=1S/C30H26O4S/c1-32-24-11-14-26(15-12-24)35-29-19-34-28-17-25(33-2)13-16-27(28)30(29)23-9-7-22(8-10-23)21-5-3-20(18-31)4-6-21/h3-18,29-30H,19H2,1-2H3. The Balaban J connectivity index is 1.48. The summed E-state index contributed by atoms with van der Waals surface area (Å²) >= 11 is 1.82. The van der Waals surface area contributed by atoms with Gasteiger partial charge in [-0.25, -0.2) is 0 Å². The van der Waals surface area contributed by atoms with Crippen molar-refractivity contribution in [3.8, 4) is 28.4 Å². The highest BCUT2D eigenvalue weighted by molar-refractivity contribution is 8.00. The van der Waals surface area contributed by atoms with E-state index < -0.39 is 0 Å². The van der Waals surface area contributed by atoms with Crippen molar-refractivity contribution in [2.24, 2.45) is 0 Å². The minimum atomic E-state index is 0.156. The molecule has 4 aromatic rings. The van der Waals surface area contributed by atoms with E-state index in [1.165, 1.54) is 10.5 Å². The number of ether oxygens (including phenoxy) is 3. The zero-order valence-corrected chi connectivity index (χ0v) is 20.5. The van der Waals surface area contributed by atoms with Crippen molar-refractivity contribution in [3.63, 3.8) is 0 Å². The van der Waals surface area contributed by atoms with Crippen LogP contribution in [0.1, 0.15) is 27.4 Å². The fraction of sp³-hybridized carbons (Fsp3) is 0.167. The molecule has 176 valence electrons. The molecule has 0 spiro atoms. The van der Waals surface area contributed by atoms with Gasteiger partial charge in [-0.3, -0.25) is 4.79 Å². The first kappa shape index (κ1) is 23.1. The van der Waals surface area contributed by atoms with Crippen molar-refractivity contribution >= 4 is 18.0 Å². The molecule has 2 atom stereocenters. The van der Waals surface area contributed by atoms with Crippen LogP contribution >= 0.6 is 11.8 Å². The lowest BCUT2D eigenvalue weighted by Crippen LogP contribution is -2.29. The third kappa shape index (κ3) is 4.91.